The SMILES string of the molecule is NCc1cccc(S(=O)(=O)N2CCCC2CCCO)c1. The Hall–Kier alpha value is -0.950. The van der Waals surface area contributed by atoms with Crippen LogP contribution in [0.1, 0.15) is 31.2 Å². The van der Waals surface area contributed by atoms with Crippen molar-refractivity contribution in [3.05, 3.63) is 29.8 Å². The first-order chi connectivity index (χ1) is 9.59. The Balaban J connectivity index is 2.24. The quantitative estimate of drug-likeness (QED) is 0.823. The largest absolute Gasteiger partial charge is 0.396 e. The summed E-state index contributed by atoms with van der Waals surface area (Å²) in [6, 6.07) is 6.83. The van der Waals surface area contributed by atoms with Gasteiger partial charge in [0.25, 0.3) is 0 Å². The Bertz CT molecular complexity index is 545. The van der Waals surface area contributed by atoms with Crippen LogP contribution in [0.2, 0.25) is 0 Å². The summed E-state index contributed by atoms with van der Waals surface area (Å²) in [4.78, 5) is 0.316. The second-order valence-corrected chi connectivity index (χ2v) is 7.02. The van der Waals surface area contributed by atoms with E-state index < -0.39 is 10.0 Å². The molecule has 112 valence electrons. The van der Waals surface area contributed by atoms with E-state index >= 15 is 0 Å². The van der Waals surface area contributed by atoms with Crippen molar-refractivity contribution in [1.82, 2.24) is 4.31 Å². The number of nitrogens with two attached hydrogens (primary N) is 1. The Kier molecular flexibility index (Phi) is 5.15. The van der Waals surface area contributed by atoms with E-state index in [1.165, 1.54) is 0 Å². The van der Waals surface area contributed by atoms with E-state index in [-0.39, 0.29) is 12.6 Å². The molecule has 0 saturated carbocycles. The third kappa shape index (κ3) is 3.20. The molecule has 1 aliphatic heterocycles. The molecule has 1 fully saturated rings. The monoisotopic (exact) mass is 298 g/mol. The molecule has 3 N–H and O–H groups in total. The Morgan fingerprint density at radius 3 is 2.90 bits per heavy atom. The number of sulfonamides is 1. The normalized spacial score (nSPS) is 20.4. The van der Waals surface area contributed by atoms with E-state index in [1.54, 1.807) is 22.5 Å². The van der Waals surface area contributed by atoms with Crippen LogP contribution in [0.25, 0.3) is 0 Å². The van der Waals surface area contributed by atoms with Crippen LogP contribution in [0.15, 0.2) is 29.2 Å². The van der Waals surface area contributed by atoms with Crippen molar-refractivity contribution >= 4 is 10.0 Å². The van der Waals surface area contributed by atoms with Gasteiger partial charge in [-0.15, -0.1) is 0 Å². The van der Waals surface area contributed by atoms with E-state index in [9.17, 15) is 8.42 Å². The summed E-state index contributed by atoms with van der Waals surface area (Å²) in [5.41, 5.74) is 6.39. The Morgan fingerprint density at radius 2 is 2.20 bits per heavy atom. The number of hydrogen-bond acceptors (Lipinski definition) is 4. The molecule has 0 bridgehead atoms. The summed E-state index contributed by atoms with van der Waals surface area (Å²) in [5, 5.41) is 8.92. The molecule has 6 heteroatoms. The maximum absolute atomic E-state index is 12.7. The van der Waals surface area contributed by atoms with Crippen molar-refractivity contribution in [2.24, 2.45) is 5.73 Å². The lowest BCUT2D eigenvalue weighted by Gasteiger charge is -2.24. The highest BCUT2D eigenvalue weighted by atomic mass is 32.2. The van der Waals surface area contributed by atoms with Gasteiger partial charge in [0.2, 0.25) is 10.0 Å². The Labute approximate surface area is 120 Å². The number of aliphatic hydroxyl groups is 1. The van der Waals surface area contributed by atoms with E-state index in [0.29, 0.717) is 30.8 Å². The molecule has 0 radical (unpaired) electrons. The fraction of sp³-hybridized carbons (Fsp3) is 0.571. The highest BCUT2D eigenvalue weighted by molar-refractivity contribution is 7.89. The fourth-order valence-electron chi connectivity index (χ4n) is 2.71. The van der Waals surface area contributed by atoms with Gasteiger partial charge in [0, 0.05) is 25.7 Å². The van der Waals surface area contributed by atoms with E-state index in [2.05, 4.69) is 0 Å². The molecule has 1 saturated heterocycles. The minimum Gasteiger partial charge on any atom is -0.396 e. The molecule has 2 rings (SSSR count). The zero-order chi connectivity index (χ0) is 14.6. The molecule has 1 aromatic carbocycles. The van der Waals surface area contributed by atoms with Crippen LogP contribution in [0.5, 0.6) is 0 Å². The average molecular weight is 298 g/mol. The predicted octanol–water partition coefficient (Wildman–Crippen LogP) is 1.07. The van der Waals surface area contributed by atoms with Crippen molar-refractivity contribution in [3.63, 3.8) is 0 Å². The number of hydrogen-bond donors (Lipinski definition) is 2. The van der Waals surface area contributed by atoms with Crippen molar-refractivity contribution in [3.8, 4) is 0 Å². The van der Waals surface area contributed by atoms with Gasteiger partial charge in [-0.2, -0.15) is 4.31 Å². The van der Waals surface area contributed by atoms with Gasteiger partial charge in [-0.25, -0.2) is 8.42 Å². The van der Waals surface area contributed by atoms with Gasteiger partial charge < -0.3 is 10.8 Å². The summed E-state index contributed by atoms with van der Waals surface area (Å²) >= 11 is 0. The van der Waals surface area contributed by atoms with Crippen LogP contribution in [0, 0.1) is 0 Å². The van der Waals surface area contributed by atoms with Gasteiger partial charge in [-0.05, 0) is 43.4 Å². The first kappa shape index (κ1) is 15.4. The van der Waals surface area contributed by atoms with Crippen molar-refractivity contribution in [2.45, 2.75) is 43.2 Å². The van der Waals surface area contributed by atoms with Gasteiger partial charge in [-0.1, -0.05) is 12.1 Å². The highest BCUT2D eigenvalue weighted by Crippen LogP contribution is 2.28. The van der Waals surface area contributed by atoms with Crippen LogP contribution >= 0.6 is 0 Å². The second kappa shape index (κ2) is 6.67. The van der Waals surface area contributed by atoms with Crippen LogP contribution < -0.4 is 5.73 Å². The average Bonchev–Trinajstić information content (AvgIpc) is 2.94. The molecule has 5 nitrogen and oxygen atoms in total. The number of nitrogens with zero attached hydrogens (tertiary/aromatic N) is 1. The summed E-state index contributed by atoms with van der Waals surface area (Å²) in [6.45, 7) is 0.996. The van der Waals surface area contributed by atoms with Gasteiger partial charge >= 0.3 is 0 Å². The molecule has 0 aromatic heterocycles. The van der Waals surface area contributed by atoms with E-state index in [1.807, 2.05) is 6.07 Å². The maximum Gasteiger partial charge on any atom is 0.243 e. The molecule has 0 amide bonds. The summed E-state index contributed by atoms with van der Waals surface area (Å²) in [6.07, 6.45) is 3.10. The molecule has 0 spiro atoms. The van der Waals surface area contributed by atoms with Gasteiger partial charge in [0.1, 0.15) is 0 Å². The molecular weight excluding hydrogens is 276 g/mol. The third-order valence-corrected chi connectivity index (χ3v) is 5.71. The standard InChI is InChI=1S/C14H22N2O3S/c15-11-12-4-1-7-14(10-12)20(18,19)16-8-2-5-13(16)6-3-9-17/h1,4,7,10,13,17H,2-3,5-6,8-9,11,15H2. The molecule has 20 heavy (non-hydrogen) atoms. The molecular formula is C14H22N2O3S. The van der Waals surface area contributed by atoms with Crippen molar-refractivity contribution < 1.29 is 13.5 Å². The topological polar surface area (TPSA) is 83.6 Å². The van der Waals surface area contributed by atoms with E-state index in [0.717, 1.165) is 18.4 Å². The number of aliphatic hydroxyl groups excluding tert-OH is 1. The lowest BCUT2D eigenvalue weighted by atomic mass is 10.1. The number of benzene rings is 1. The minimum absolute atomic E-state index is 0.00804. The molecule has 1 heterocycles. The third-order valence-electron chi connectivity index (χ3n) is 3.76. The predicted molar refractivity (Wildman–Crippen MR) is 77.6 cm³/mol. The minimum atomic E-state index is -3.45. The molecule has 0 aliphatic carbocycles. The molecule has 1 unspecified atom stereocenters. The highest BCUT2D eigenvalue weighted by Gasteiger charge is 2.34. The zero-order valence-corrected chi connectivity index (χ0v) is 12.3. The second-order valence-electron chi connectivity index (χ2n) is 5.13. The molecule has 1 aliphatic rings. The zero-order valence-electron chi connectivity index (χ0n) is 11.5. The summed E-state index contributed by atoms with van der Waals surface area (Å²) in [7, 11) is -3.45. The van der Waals surface area contributed by atoms with Crippen LogP contribution in [-0.4, -0.2) is 37.0 Å². The number of rotatable bonds is 6. The molecule has 1 aromatic rings. The summed E-state index contributed by atoms with van der Waals surface area (Å²) < 4.78 is 27.0. The van der Waals surface area contributed by atoms with Crippen LogP contribution in [0.3, 0.4) is 0 Å². The molecule has 1 atom stereocenters. The van der Waals surface area contributed by atoms with Gasteiger partial charge in [-0.3, -0.25) is 0 Å². The van der Waals surface area contributed by atoms with Crippen molar-refractivity contribution in [2.75, 3.05) is 13.2 Å². The van der Waals surface area contributed by atoms with E-state index in [4.69, 9.17) is 10.8 Å². The first-order valence-corrected chi connectivity index (χ1v) is 8.45. The van der Waals surface area contributed by atoms with Crippen molar-refractivity contribution in [1.29, 1.82) is 0 Å². The maximum atomic E-state index is 12.7. The van der Waals surface area contributed by atoms with Crippen LogP contribution in [-0.2, 0) is 16.6 Å². The fourth-order valence-corrected chi connectivity index (χ4v) is 4.50. The lowest BCUT2D eigenvalue weighted by molar-refractivity contribution is 0.264. The summed E-state index contributed by atoms with van der Waals surface area (Å²) in [5.74, 6) is 0. The van der Waals surface area contributed by atoms with Gasteiger partial charge in [0.05, 0.1) is 4.90 Å². The van der Waals surface area contributed by atoms with Crippen LogP contribution in [0.4, 0.5) is 0 Å². The smallest absolute Gasteiger partial charge is 0.243 e. The van der Waals surface area contributed by atoms with Gasteiger partial charge in [0.15, 0.2) is 0 Å². The Morgan fingerprint density at radius 1 is 1.40 bits per heavy atom. The lowest BCUT2D eigenvalue weighted by Crippen LogP contribution is -2.35. The first-order valence-electron chi connectivity index (χ1n) is 7.01.